The third-order valence-electron chi connectivity index (χ3n) is 7.35. The van der Waals surface area contributed by atoms with Crippen LogP contribution >= 0.6 is 11.6 Å². The summed E-state index contributed by atoms with van der Waals surface area (Å²) in [5, 5.41) is 0.641. The molecule has 2 aromatic rings. The zero-order valence-corrected chi connectivity index (χ0v) is 19.1. The average molecular weight is 438 g/mol. The lowest BCUT2D eigenvalue weighted by Crippen LogP contribution is -2.63. The SMILES string of the molecule is CCC(=O)N1CC2(CC(Cc3cncc(N4C(=O)c5ccc(Cl)cc5C4(C)C)c3)C2)C1. The summed E-state index contributed by atoms with van der Waals surface area (Å²) in [6, 6.07) is 7.59. The third-order valence-corrected chi connectivity index (χ3v) is 7.58. The number of aromatic nitrogens is 1. The molecule has 0 bridgehead atoms. The molecule has 2 fully saturated rings. The van der Waals surface area contributed by atoms with E-state index >= 15 is 0 Å². The lowest BCUT2D eigenvalue weighted by Gasteiger charge is -2.59. The van der Waals surface area contributed by atoms with Crippen molar-refractivity contribution in [2.24, 2.45) is 11.3 Å². The van der Waals surface area contributed by atoms with Crippen molar-refractivity contribution in [2.75, 3.05) is 18.0 Å². The highest BCUT2D eigenvalue weighted by atomic mass is 35.5. The van der Waals surface area contributed by atoms with Crippen LogP contribution in [0.15, 0.2) is 36.7 Å². The number of carbonyl (C=O) groups excluding carboxylic acids is 2. The second-order valence-electron chi connectivity index (χ2n) is 10.0. The number of benzene rings is 1. The fourth-order valence-electron chi connectivity index (χ4n) is 5.92. The van der Waals surface area contributed by atoms with Gasteiger partial charge in [0.1, 0.15) is 0 Å². The molecule has 5 rings (SSSR count). The Morgan fingerprint density at radius 3 is 2.65 bits per heavy atom. The Balaban J connectivity index is 1.29. The Hall–Kier alpha value is -2.40. The Morgan fingerprint density at radius 1 is 1.19 bits per heavy atom. The topological polar surface area (TPSA) is 53.5 Å². The van der Waals surface area contributed by atoms with Crippen molar-refractivity contribution in [2.45, 2.75) is 52.0 Å². The fraction of sp³-hybridized carbons (Fsp3) is 0.480. The molecule has 2 aliphatic heterocycles. The van der Waals surface area contributed by atoms with E-state index in [9.17, 15) is 9.59 Å². The predicted octanol–water partition coefficient (Wildman–Crippen LogP) is 4.82. The van der Waals surface area contributed by atoms with E-state index in [4.69, 9.17) is 11.6 Å². The van der Waals surface area contributed by atoms with Crippen LogP contribution < -0.4 is 4.90 Å². The zero-order chi connectivity index (χ0) is 22.0. The van der Waals surface area contributed by atoms with E-state index in [2.05, 4.69) is 24.9 Å². The van der Waals surface area contributed by atoms with E-state index < -0.39 is 5.54 Å². The van der Waals surface area contributed by atoms with E-state index in [-0.39, 0.29) is 11.8 Å². The molecular formula is C25H28ClN3O2. The van der Waals surface area contributed by atoms with Gasteiger partial charge in [-0.15, -0.1) is 0 Å². The summed E-state index contributed by atoms with van der Waals surface area (Å²) in [5.41, 5.74) is 3.52. The van der Waals surface area contributed by atoms with E-state index in [1.54, 1.807) is 12.3 Å². The summed E-state index contributed by atoms with van der Waals surface area (Å²) in [6.07, 6.45) is 7.59. The van der Waals surface area contributed by atoms with E-state index in [1.165, 1.54) is 12.8 Å². The monoisotopic (exact) mass is 437 g/mol. The molecule has 1 saturated carbocycles. The van der Waals surface area contributed by atoms with Crippen LogP contribution in [-0.2, 0) is 16.8 Å². The van der Waals surface area contributed by atoms with Gasteiger partial charge in [0.25, 0.3) is 5.91 Å². The quantitative estimate of drug-likeness (QED) is 0.688. The van der Waals surface area contributed by atoms with Gasteiger partial charge in [0, 0.05) is 41.7 Å². The second kappa shape index (κ2) is 7.06. The highest BCUT2D eigenvalue weighted by molar-refractivity contribution is 6.31. The number of anilines is 1. The minimum Gasteiger partial charge on any atom is -0.341 e. The van der Waals surface area contributed by atoms with Crippen molar-refractivity contribution in [1.29, 1.82) is 0 Å². The molecule has 6 heteroatoms. The molecule has 1 aliphatic carbocycles. The lowest BCUT2D eigenvalue weighted by atomic mass is 9.56. The number of likely N-dealkylation sites (tertiary alicyclic amines) is 1. The number of hydrogen-bond acceptors (Lipinski definition) is 3. The van der Waals surface area contributed by atoms with Gasteiger partial charge >= 0.3 is 0 Å². The minimum absolute atomic E-state index is 0.00614. The number of rotatable bonds is 4. The van der Waals surface area contributed by atoms with Crippen molar-refractivity contribution >= 4 is 29.1 Å². The maximum Gasteiger partial charge on any atom is 0.259 e. The second-order valence-corrected chi connectivity index (χ2v) is 10.5. The van der Waals surface area contributed by atoms with Gasteiger partial charge < -0.3 is 4.90 Å². The van der Waals surface area contributed by atoms with Crippen LogP contribution in [-0.4, -0.2) is 34.8 Å². The summed E-state index contributed by atoms with van der Waals surface area (Å²) in [4.78, 5) is 33.3. The first kappa shape index (κ1) is 20.5. The maximum absolute atomic E-state index is 13.2. The molecule has 2 amide bonds. The molecule has 0 unspecified atom stereocenters. The van der Waals surface area contributed by atoms with Gasteiger partial charge in [-0.2, -0.15) is 0 Å². The molecule has 1 aromatic heterocycles. The van der Waals surface area contributed by atoms with Gasteiger partial charge in [0.15, 0.2) is 0 Å². The van der Waals surface area contributed by atoms with Gasteiger partial charge in [-0.3, -0.25) is 19.5 Å². The molecule has 5 nitrogen and oxygen atoms in total. The van der Waals surface area contributed by atoms with Crippen LogP contribution in [0.1, 0.15) is 61.5 Å². The molecular weight excluding hydrogens is 410 g/mol. The average Bonchev–Trinajstić information content (AvgIpc) is 2.87. The molecule has 1 aromatic carbocycles. The summed E-state index contributed by atoms with van der Waals surface area (Å²) in [6.45, 7) is 7.87. The first-order chi connectivity index (χ1) is 14.7. The lowest BCUT2D eigenvalue weighted by molar-refractivity contribution is -0.154. The predicted molar refractivity (Wildman–Crippen MR) is 121 cm³/mol. The van der Waals surface area contributed by atoms with Crippen LogP contribution in [0.5, 0.6) is 0 Å². The first-order valence-electron chi connectivity index (χ1n) is 11.1. The fourth-order valence-corrected chi connectivity index (χ4v) is 6.09. The van der Waals surface area contributed by atoms with Crippen molar-refractivity contribution in [3.05, 3.63) is 58.4 Å². The minimum atomic E-state index is -0.487. The Morgan fingerprint density at radius 2 is 1.94 bits per heavy atom. The molecule has 1 spiro atoms. The number of amides is 2. The molecule has 0 radical (unpaired) electrons. The van der Waals surface area contributed by atoms with Gasteiger partial charge in [-0.05, 0) is 74.4 Å². The number of hydrogen-bond donors (Lipinski definition) is 0. The number of carbonyl (C=O) groups is 2. The van der Waals surface area contributed by atoms with Crippen LogP contribution in [0.3, 0.4) is 0 Å². The summed E-state index contributed by atoms with van der Waals surface area (Å²) in [5.74, 6) is 0.883. The smallest absolute Gasteiger partial charge is 0.259 e. The van der Waals surface area contributed by atoms with Crippen molar-refractivity contribution in [1.82, 2.24) is 9.88 Å². The molecule has 31 heavy (non-hydrogen) atoms. The molecule has 3 heterocycles. The molecule has 1 saturated heterocycles. The zero-order valence-electron chi connectivity index (χ0n) is 18.3. The largest absolute Gasteiger partial charge is 0.341 e. The highest BCUT2D eigenvalue weighted by Gasteiger charge is 2.53. The van der Waals surface area contributed by atoms with Gasteiger partial charge in [-0.1, -0.05) is 18.5 Å². The molecule has 162 valence electrons. The van der Waals surface area contributed by atoms with Crippen LogP contribution in [0.2, 0.25) is 5.02 Å². The third kappa shape index (κ3) is 3.25. The normalized spacial score (nSPS) is 21.1. The standard InChI is InChI=1S/C25H28ClN3O2/c1-4-22(30)28-14-25(15-28)10-17(11-25)7-16-8-19(13-27-12-16)29-23(31)20-6-5-18(26)9-21(20)24(29,2)3/h5-6,8-9,12-13,17H,4,7,10-11,14-15H2,1-3H3. The van der Waals surface area contributed by atoms with Crippen LogP contribution in [0, 0.1) is 11.3 Å². The number of halogens is 1. The molecule has 0 atom stereocenters. The van der Waals surface area contributed by atoms with Crippen molar-refractivity contribution in [3.8, 4) is 0 Å². The summed E-state index contributed by atoms with van der Waals surface area (Å²) < 4.78 is 0. The summed E-state index contributed by atoms with van der Waals surface area (Å²) >= 11 is 6.21. The maximum atomic E-state index is 13.2. The summed E-state index contributed by atoms with van der Waals surface area (Å²) in [7, 11) is 0. The van der Waals surface area contributed by atoms with Gasteiger partial charge in [0.2, 0.25) is 5.91 Å². The van der Waals surface area contributed by atoms with Gasteiger partial charge in [0.05, 0.1) is 17.4 Å². The Labute approximate surface area is 188 Å². The van der Waals surface area contributed by atoms with Crippen LogP contribution in [0.25, 0.3) is 0 Å². The van der Waals surface area contributed by atoms with Crippen molar-refractivity contribution < 1.29 is 9.59 Å². The van der Waals surface area contributed by atoms with E-state index in [1.807, 2.05) is 35.1 Å². The number of fused-ring (bicyclic) bond motifs is 1. The highest BCUT2D eigenvalue weighted by Crippen LogP contribution is 2.53. The van der Waals surface area contributed by atoms with E-state index in [0.717, 1.165) is 36.3 Å². The Bertz CT molecular complexity index is 1070. The number of pyridine rings is 1. The molecule has 0 N–H and O–H groups in total. The molecule has 3 aliphatic rings. The van der Waals surface area contributed by atoms with Gasteiger partial charge in [-0.25, -0.2) is 0 Å². The number of nitrogens with zero attached hydrogens (tertiary/aromatic N) is 3. The Kier molecular flexibility index (Phi) is 4.67. The first-order valence-corrected chi connectivity index (χ1v) is 11.5. The van der Waals surface area contributed by atoms with Crippen LogP contribution in [0.4, 0.5) is 5.69 Å². The van der Waals surface area contributed by atoms with Crippen molar-refractivity contribution in [3.63, 3.8) is 0 Å². The van der Waals surface area contributed by atoms with E-state index in [0.29, 0.717) is 28.3 Å².